The minimum absolute atomic E-state index is 0.227. The first-order valence-corrected chi connectivity index (χ1v) is 5.20. The van der Waals surface area contributed by atoms with Gasteiger partial charge in [0, 0.05) is 11.0 Å². The number of ether oxygens (including phenoxy) is 1. The van der Waals surface area contributed by atoms with Crippen LogP contribution in [0.1, 0.15) is 25.0 Å². The van der Waals surface area contributed by atoms with Crippen molar-refractivity contribution < 1.29 is 9.53 Å². The van der Waals surface area contributed by atoms with E-state index in [1.165, 1.54) is 5.56 Å². The van der Waals surface area contributed by atoms with Gasteiger partial charge >= 0.3 is 0 Å². The van der Waals surface area contributed by atoms with Crippen molar-refractivity contribution in [3.8, 4) is 5.75 Å². The molecule has 3 heteroatoms. The monoisotopic (exact) mass is 219 g/mol. The summed E-state index contributed by atoms with van der Waals surface area (Å²) in [5, 5.41) is 0. The van der Waals surface area contributed by atoms with Crippen LogP contribution < -0.4 is 4.74 Å². The fourth-order valence-corrected chi connectivity index (χ4v) is 1.67. The first-order chi connectivity index (χ1) is 7.51. The molecule has 0 spiro atoms. The molecule has 1 rings (SSSR count). The highest BCUT2D eigenvalue weighted by Gasteiger charge is 2.24. The smallest absolute Gasteiger partial charge is 0.234 e. The highest BCUT2D eigenvalue weighted by atomic mass is 16.5. The summed E-state index contributed by atoms with van der Waals surface area (Å²) in [5.74, 6) is 0.830. The van der Waals surface area contributed by atoms with Crippen molar-refractivity contribution in [3.05, 3.63) is 29.3 Å². The standard InChI is InChI=1S/C13H17NO2/c1-10-5-6-12(16-4)11(7-10)13(2,3)8-14-9-15/h5-7H,8H2,1-4H3. The molecule has 1 aromatic rings. The van der Waals surface area contributed by atoms with E-state index in [9.17, 15) is 4.79 Å². The number of rotatable bonds is 4. The van der Waals surface area contributed by atoms with Gasteiger partial charge in [-0.2, -0.15) is 0 Å². The molecule has 0 radical (unpaired) electrons. The highest BCUT2D eigenvalue weighted by molar-refractivity contribution is 5.42. The van der Waals surface area contributed by atoms with Gasteiger partial charge in [0.05, 0.1) is 13.7 Å². The van der Waals surface area contributed by atoms with E-state index in [0.717, 1.165) is 11.3 Å². The third kappa shape index (κ3) is 2.71. The Morgan fingerprint density at radius 2 is 2.12 bits per heavy atom. The summed E-state index contributed by atoms with van der Waals surface area (Å²) in [5.41, 5.74) is 2.00. The zero-order valence-corrected chi connectivity index (χ0v) is 10.2. The van der Waals surface area contributed by atoms with E-state index in [2.05, 4.69) is 11.1 Å². The number of nitrogens with zero attached hydrogens (tertiary/aromatic N) is 1. The Bertz CT molecular complexity index is 418. The van der Waals surface area contributed by atoms with Crippen molar-refractivity contribution in [2.24, 2.45) is 4.99 Å². The van der Waals surface area contributed by atoms with Gasteiger partial charge in [-0.3, -0.25) is 0 Å². The van der Waals surface area contributed by atoms with Crippen LogP contribution >= 0.6 is 0 Å². The molecule has 0 saturated carbocycles. The second-order valence-electron chi connectivity index (χ2n) is 4.50. The number of methoxy groups -OCH3 is 1. The lowest BCUT2D eigenvalue weighted by Gasteiger charge is -2.25. The summed E-state index contributed by atoms with van der Waals surface area (Å²) in [4.78, 5) is 13.8. The Labute approximate surface area is 96.2 Å². The zero-order chi connectivity index (χ0) is 12.2. The van der Waals surface area contributed by atoms with Gasteiger partial charge in [-0.25, -0.2) is 9.79 Å². The molecule has 0 unspecified atom stereocenters. The topological polar surface area (TPSA) is 38.7 Å². The minimum atomic E-state index is -0.227. The molecule has 0 N–H and O–H groups in total. The zero-order valence-electron chi connectivity index (χ0n) is 10.2. The number of aryl methyl sites for hydroxylation is 1. The Morgan fingerprint density at radius 1 is 1.44 bits per heavy atom. The van der Waals surface area contributed by atoms with E-state index >= 15 is 0 Å². The quantitative estimate of drug-likeness (QED) is 0.576. The van der Waals surface area contributed by atoms with Gasteiger partial charge in [0.2, 0.25) is 6.08 Å². The van der Waals surface area contributed by atoms with E-state index in [-0.39, 0.29) is 5.41 Å². The maximum atomic E-state index is 10.2. The Kier molecular flexibility index (Phi) is 3.86. The number of carbonyl (C=O) groups excluding carboxylic acids is 1. The average molecular weight is 219 g/mol. The van der Waals surface area contributed by atoms with Crippen molar-refractivity contribution in [2.75, 3.05) is 13.7 Å². The molecule has 0 bridgehead atoms. The van der Waals surface area contributed by atoms with Gasteiger partial charge in [-0.15, -0.1) is 0 Å². The van der Waals surface area contributed by atoms with Crippen LogP contribution in [0.15, 0.2) is 23.2 Å². The second-order valence-corrected chi connectivity index (χ2v) is 4.50. The lowest BCUT2D eigenvalue weighted by atomic mass is 9.83. The molecule has 0 aromatic heterocycles. The summed E-state index contributed by atoms with van der Waals surface area (Å²) >= 11 is 0. The summed E-state index contributed by atoms with van der Waals surface area (Å²) in [6.07, 6.45) is 1.58. The van der Waals surface area contributed by atoms with E-state index in [1.807, 2.05) is 32.9 Å². The second kappa shape index (κ2) is 4.95. The maximum absolute atomic E-state index is 10.2. The van der Waals surface area contributed by atoms with Crippen LogP contribution in [0.2, 0.25) is 0 Å². The third-order valence-electron chi connectivity index (χ3n) is 2.62. The molecule has 0 aliphatic carbocycles. The molecule has 0 aliphatic heterocycles. The molecule has 0 saturated heterocycles. The number of isocyanates is 1. The largest absolute Gasteiger partial charge is 0.496 e. The molecule has 0 aliphatic rings. The normalized spacial score (nSPS) is 10.8. The van der Waals surface area contributed by atoms with Crippen molar-refractivity contribution in [1.82, 2.24) is 0 Å². The Hall–Kier alpha value is -1.60. The van der Waals surface area contributed by atoms with Crippen molar-refractivity contribution >= 4 is 6.08 Å². The van der Waals surface area contributed by atoms with Gasteiger partial charge in [0.1, 0.15) is 5.75 Å². The fraction of sp³-hybridized carbons (Fsp3) is 0.462. The van der Waals surface area contributed by atoms with E-state index in [1.54, 1.807) is 13.2 Å². The van der Waals surface area contributed by atoms with Crippen LogP contribution in [0.3, 0.4) is 0 Å². The highest BCUT2D eigenvalue weighted by Crippen LogP contribution is 2.32. The predicted molar refractivity (Wildman–Crippen MR) is 63.7 cm³/mol. The van der Waals surface area contributed by atoms with Gasteiger partial charge < -0.3 is 4.74 Å². The van der Waals surface area contributed by atoms with E-state index in [0.29, 0.717) is 6.54 Å². The lowest BCUT2D eigenvalue weighted by Crippen LogP contribution is -2.22. The Balaban J connectivity index is 3.18. The molecule has 0 atom stereocenters. The molecular weight excluding hydrogens is 202 g/mol. The van der Waals surface area contributed by atoms with Gasteiger partial charge in [-0.1, -0.05) is 31.5 Å². The number of aliphatic imine (C=N–C) groups is 1. The van der Waals surface area contributed by atoms with Crippen LogP contribution in [0, 0.1) is 6.92 Å². The van der Waals surface area contributed by atoms with E-state index < -0.39 is 0 Å². The van der Waals surface area contributed by atoms with E-state index in [4.69, 9.17) is 4.74 Å². The first-order valence-electron chi connectivity index (χ1n) is 5.20. The number of benzene rings is 1. The summed E-state index contributed by atoms with van der Waals surface area (Å²) in [6.45, 7) is 6.51. The van der Waals surface area contributed by atoms with Crippen LogP contribution in [-0.2, 0) is 10.2 Å². The van der Waals surface area contributed by atoms with Crippen LogP contribution in [0.5, 0.6) is 5.75 Å². The van der Waals surface area contributed by atoms with Gasteiger partial charge in [0.15, 0.2) is 0 Å². The lowest BCUT2D eigenvalue weighted by molar-refractivity contribution is 0.393. The first kappa shape index (κ1) is 12.5. The molecule has 1 aromatic carbocycles. The molecule has 0 heterocycles. The number of hydrogen-bond acceptors (Lipinski definition) is 3. The predicted octanol–water partition coefficient (Wildman–Crippen LogP) is 2.62. The summed E-state index contributed by atoms with van der Waals surface area (Å²) in [6, 6.07) is 6.01. The maximum Gasteiger partial charge on any atom is 0.234 e. The van der Waals surface area contributed by atoms with Crippen molar-refractivity contribution in [2.45, 2.75) is 26.2 Å². The van der Waals surface area contributed by atoms with Gasteiger partial charge in [0.25, 0.3) is 0 Å². The van der Waals surface area contributed by atoms with Gasteiger partial charge in [-0.05, 0) is 13.0 Å². The summed E-state index contributed by atoms with van der Waals surface area (Å²) in [7, 11) is 1.65. The van der Waals surface area contributed by atoms with Crippen molar-refractivity contribution in [1.29, 1.82) is 0 Å². The molecule has 86 valence electrons. The SMILES string of the molecule is COc1ccc(C)cc1C(C)(C)CN=C=O. The molecule has 3 nitrogen and oxygen atoms in total. The molecule has 0 amide bonds. The van der Waals surface area contributed by atoms with Crippen LogP contribution in [0.25, 0.3) is 0 Å². The minimum Gasteiger partial charge on any atom is -0.496 e. The summed E-state index contributed by atoms with van der Waals surface area (Å²) < 4.78 is 5.33. The third-order valence-corrected chi connectivity index (χ3v) is 2.62. The molecule has 16 heavy (non-hydrogen) atoms. The molecule has 0 fully saturated rings. The molecular formula is C13H17NO2. The number of hydrogen-bond donors (Lipinski definition) is 0. The Morgan fingerprint density at radius 3 is 2.69 bits per heavy atom. The fourth-order valence-electron chi connectivity index (χ4n) is 1.67. The van der Waals surface area contributed by atoms with Crippen LogP contribution in [-0.4, -0.2) is 19.7 Å². The van der Waals surface area contributed by atoms with Crippen molar-refractivity contribution in [3.63, 3.8) is 0 Å². The van der Waals surface area contributed by atoms with Crippen LogP contribution in [0.4, 0.5) is 0 Å². The average Bonchev–Trinajstić information content (AvgIpc) is 2.26.